The Bertz CT molecular complexity index is 478. The first-order valence-electron chi connectivity index (χ1n) is 6.83. The Labute approximate surface area is 121 Å². The average Bonchev–Trinajstić information content (AvgIpc) is 2.44. The minimum Gasteiger partial charge on any atom is -0.497 e. The van der Waals surface area contributed by atoms with Gasteiger partial charge in [0.15, 0.2) is 5.78 Å². The van der Waals surface area contributed by atoms with Gasteiger partial charge >= 0.3 is 0 Å². The molecule has 0 aliphatic carbocycles. The molecule has 0 unspecified atom stereocenters. The fraction of sp³-hybridized carbons (Fsp3) is 0.500. The summed E-state index contributed by atoms with van der Waals surface area (Å²) in [5.41, 5.74) is 0.648. The molecular formula is C16H22N2O2. The summed E-state index contributed by atoms with van der Waals surface area (Å²) in [6.07, 6.45) is 0.443. The molecular weight excluding hydrogens is 252 g/mol. The topological polar surface area (TPSA) is 53.3 Å². The molecule has 0 saturated carbocycles. The zero-order valence-corrected chi connectivity index (χ0v) is 12.4. The first kappa shape index (κ1) is 16.2. The van der Waals surface area contributed by atoms with Crippen molar-refractivity contribution in [3.05, 3.63) is 29.8 Å². The maximum Gasteiger partial charge on any atom is 0.176 e. The first-order valence-corrected chi connectivity index (χ1v) is 6.83. The number of hydrogen-bond acceptors (Lipinski definition) is 4. The normalized spacial score (nSPS) is 10.6. The number of methoxy groups -OCH3 is 1. The summed E-state index contributed by atoms with van der Waals surface area (Å²) < 4.78 is 5.13. The highest BCUT2D eigenvalue weighted by atomic mass is 16.5. The van der Waals surface area contributed by atoms with Crippen LogP contribution < -0.4 is 4.74 Å². The van der Waals surface area contributed by atoms with Gasteiger partial charge in [-0.3, -0.25) is 9.69 Å². The van der Waals surface area contributed by atoms with Crippen molar-refractivity contribution < 1.29 is 9.53 Å². The van der Waals surface area contributed by atoms with Crippen LogP contribution in [-0.4, -0.2) is 37.4 Å². The van der Waals surface area contributed by atoms with Crippen LogP contribution in [0.5, 0.6) is 5.75 Å². The second-order valence-corrected chi connectivity index (χ2v) is 5.19. The van der Waals surface area contributed by atoms with Gasteiger partial charge in [0, 0.05) is 25.1 Å². The highest BCUT2D eigenvalue weighted by Crippen LogP contribution is 2.13. The van der Waals surface area contributed by atoms with Crippen molar-refractivity contribution in [1.29, 1.82) is 5.26 Å². The lowest BCUT2D eigenvalue weighted by atomic mass is 10.1. The van der Waals surface area contributed by atoms with Crippen LogP contribution in [0, 0.1) is 17.2 Å². The van der Waals surface area contributed by atoms with E-state index in [4.69, 9.17) is 10.00 Å². The Hall–Kier alpha value is -1.86. The Morgan fingerprint density at radius 2 is 2.20 bits per heavy atom. The van der Waals surface area contributed by atoms with Crippen LogP contribution >= 0.6 is 0 Å². The van der Waals surface area contributed by atoms with E-state index in [1.165, 1.54) is 0 Å². The lowest BCUT2D eigenvalue weighted by Crippen LogP contribution is -2.33. The molecule has 0 aliphatic heterocycles. The third kappa shape index (κ3) is 5.41. The van der Waals surface area contributed by atoms with Gasteiger partial charge in [-0.15, -0.1) is 0 Å². The Balaban J connectivity index is 2.71. The van der Waals surface area contributed by atoms with Crippen molar-refractivity contribution in [2.24, 2.45) is 5.92 Å². The molecule has 0 bridgehead atoms. The van der Waals surface area contributed by atoms with Gasteiger partial charge in [0.25, 0.3) is 0 Å². The van der Waals surface area contributed by atoms with Crippen LogP contribution in [0.3, 0.4) is 0 Å². The van der Waals surface area contributed by atoms with Crippen LogP contribution in [0.25, 0.3) is 0 Å². The van der Waals surface area contributed by atoms with E-state index in [1.54, 1.807) is 19.2 Å². The van der Waals surface area contributed by atoms with Gasteiger partial charge in [0.1, 0.15) is 5.75 Å². The van der Waals surface area contributed by atoms with Gasteiger partial charge in [0.05, 0.1) is 19.7 Å². The molecule has 0 saturated heterocycles. The number of benzene rings is 1. The summed E-state index contributed by atoms with van der Waals surface area (Å²) in [6.45, 7) is 6.00. The first-order chi connectivity index (χ1) is 9.56. The molecule has 1 aromatic rings. The number of ether oxygens (including phenoxy) is 1. The summed E-state index contributed by atoms with van der Waals surface area (Å²) in [5, 5.41) is 8.69. The van der Waals surface area contributed by atoms with Gasteiger partial charge in [-0.2, -0.15) is 5.26 Å². The molecule has 4 nitrogen and oxygen atoms in total. The second-order valence-electron chi connectivity index (χ2n) is 5.19. The summed E-state index contributed by atoms with van der Waals surface area (Å²) in [4.78, 5) is 14.3. The molecule has 0 heterocycles. The molecule has 0 atom stereocenters. The molecule has 20 heavy (non-hydrogen) atoms. The van der Waals surface area contributed by atoms with Gasteiger partial charge in [-0.05, 0) is 18.1 Å². The molecule has 1 rings (SSSR count). The number of Topliss-reactive ketones (excluding diaryl/α,β-unsaturated/α-hetero) is 1. The van der Waals surface area contributed by atoms with Crippen molar-refractivity contribution in [2.75, 3.05) is 26.7 Å². The lowest BCUT2D eigenvalue weighted by molar-refractivity contribution is 0.0923. The van der Waals surface area contributed by atoms with Crippen molar-refractivity contribution in [1.82, 2.24) is 4.90 Å². The monoisotopic (exact) mass is 274 g/mol. The highest BCUT2D eigenvalue weighted by molar-refractivity contribution is 5.97. The molecule has 0 radical (unpaired) electrons. The smallest absolute Gasteiger partial charge is 0.176 e. The zero-order valence-electron chi connectivity index (χ0n) is 12.4. The standard InChI is InChI=1S/C16H22N2O2/c1-13(2)11-18(9-5-8-17)12-16(19)14-6-4-7-15(10-14)20-3/h4,6-7,10,13H,5,9,11-12H2,1-3H3. The van der Waals surface area contributed by atoms with E-state index < -0.39 is 0 Å². The quantitative estimate of drug-likeness (QED) is 0.684. The SMILES string of the molecule is COc1cccc(C(=O)CN(CCC#N)CC(C)C)c1. The highest BCUT2D eigenvalue weighted by Gasteiger charge is 2.14. The van der Waals surface area contributed by atoms with E-state index in [0.717, 1.165) is 6.54 Å². The Morgan fingerprint density at radius 1 is 1.45 bits per heavy atom. The molecule has 108 valence electrons. The second kappa shape index (κ2) is 8.34. The van der Waals surface area contributed by atoms with Gasteiger partial charge < -0.3 is 4.74 Å². The molecule has 0 N–H and O–H groups in total. The summed E-state index contributed by atoms with van der Waals surface area (Å²) in [6, 6.07) is 9.31. The van der Waals surface area contributed by atoms with Crippen molar-refractivity contribution in [2.45, 2.75) is 20.3 Å². The van der Waals surface area contributed by atoms with Crippen molar-refractivity contribution >= 4 is 5.78 Å². The number of nitrogens with zero attached hydrogens (tertiary/aromatic N) is 2. The van der Waals surface area contributed by atoms with Gasteiger partial charge in [-0.25, -0.2) is 0 Å². The lowest BCUT2D eigenvalue weighted by Gasteiger charge is -2.22. The molecule has 4 heteroatoms. The predicted octanol–water partition coefficient (Wildman–Crippen LogP) is 2.75. The van der Waals surface area contributed by atoms with Crippen molar-refractivity contribution in [3.63, 3.8) is 0 Å². The third-order valence-electron chi connectivity index (χ3n) is 2.92. The summed E-state index contributed by atoms with van der Waals surface area (Å²) in [7, 11) is 1.58. The van der Waals surface area contributed by atoms with E-state index in [9.17, 15) is 4.79 Å². The van der Waals surface area contributed by atoms with E-state index in [-0.39, 0.29) is 5.78 Å². The fourth-order valence-electron chi connectivity index (χ4n) is 2.05. The maximum absolute atomic E-state index is 12.3. The number of carbonyl (C=O) groups excluding carboxylic acids is 1. The number of hydrogen-bond donors (Lipinski definition) is 0. The minimum atomic E-state index is 0.0579. The van der Waals surface area contributed by atoms with Crippen LogP contribution in [0.1, 0.15) is 30.6 Å². The maximum atomic E-state index is 12.3. The largest absolute Gasteiger partial charge is 0.497 e. The van der Waals surface area contributed by atoms with E-state index in [0.29, 0.717) is 36.7 Å². The molecule has 0 amide bonds. The van der Waals surface area contributed by atoms with Crippen LogP contribution in [0.2, 0.25) is 0 Å². The van der Waals surface area contributed by atoms with Crippen LogP contribution in [0.4, 0.5) is 0 Å². The Morgan fingerprint density at radius 3 is 2.80 bits per heavy atom. The summed E-state index contributed by atoms with van der Waals surface area (Å²) in [5.74, 6) is 1.21. The Kier molecular flexibility index (Phi) is 6.75. The molecule has 0 fully saturated rings. The zero-order chi connectivity index (χ0) is 15.0. The number of rotatable bonds is 8. The van der Waals surface area contributed by atoms with Crippen LogP contribution in [0.15, 0.2) is 24.3 Å². The van der Waals surface area contributed by atoms with Crippen LogP contribution in [-0.2, 0) is 0 Å². The van der Waals surface area contributed by atoms with E-state index in [1.807, 2.05) is 17.0 Å². The fourth-order valence-corrected chi connectivity index (χ4v) is 2.05. The molecule has 0 aromatic heterocycles. The van der Waals surface area contributed by atoms with E-state index in [2.05, 4.69) is 19.9 Å². The molecule has 1 aromatic carbocycles. The van der Waals surface area contributed by atoms with Gasteiger partial charge in [-0.1, -0.05) is 26.0 Å². The minimum absolute atomic E-state index is 0.0579. The van der Waals surface area contributed by atoms with Gasteiger partial charge in [0.2, 0.25) is 0 Å². The number of nitriles is 1. The number of carbonyl (C=O) groups is 1. The predicted molar refractivity (Wildman–Crippen MR) is 78.8 cm³/mol. The summed E-state index contributed by atoms with van der Waals surface area (Å²) >= 11 is 0. The van der Waals surface area contributed by atoms with E-state index >= 15 is 0 Å². The van der Waals surface area contributed by atoms with Crippen molar-refractivity contribution in [3.8, 4) is 11.8 Å². The number of ketones is 1. The average molecular weight is 274 g/mol. The molecule has 0 spiro atoms. The molecule has 0 aliphatic rings. The third-order valence-corrected chi connectivity index (χ3v) is 2.92.